The minimum absolute atomic E-state index is 0.0567. The van der Waals surface area contributed by atoms with Crippen molar-refractivity contribution in [3.63, 3.8) is 0 Å². The number of carbonyl (C=O) groups excluding carboxylic acids is 2. The number of hydrogen-bond donors (Lipinski definition) is 4. The molecule has 0 aromatic carbocycles. The maximum absolute atomic E-state index is 12.6. The highest BCUT2D eigenvalue weighted by molar-refractivity contribution is 5.92. The molecule has 2 aromatic heterocycles. The second kappa shape index (κ2) is 8.10. The maximum Gasteiger partial charge on any atom is 0.270 e. The molecule has 2 aliphatic rings. The first kappa shape index (κ1) is 18.6. The van der Waals surface area contributed by atoms with Crippen LogP contribution in [0.15, 0.2) is 24.4 Å². The minimum Gasteiger partial charge on any atom is -0.391 e. The molecule has 8 heteroatoms. The van der Waals surface area contributed by atoms with Crippen molar-refractivity contribution in [2.75, 3.05) is 0 Å². The van der Waals surface area contributed by atoms with Gasteiger partial charge in [-0.15, -0.1) is 0 Å². The first-order valence-corrected chi connectivity index (χ1v) is 9.84. The van der Waals surface area contributed by atoms with Crippen molar-refractivity contribution in [2.45, 2.75) is 57.2 Å². The van der Waals surface area contributed by atoms with E-state index in [2.05, 4.69) is 25.8 Å². The van der Waals surface area contributed by atoms with E-state index in [1.807, 2.05) is 0 Å². The number of hydrogen-bond acceptors (Lipinski definition) is 5. The van der Waals surface area contributed by atoms with Gasteiger partial charge in [0.15, 0.2) is 0 Å². The van der Waals surface area contributed by atoms with Gasteiger partial charge in [0.2, 0.25) is 5.91 Å². The number of carbonyl (C=O) groups is 2. The summed E-state index contributed by atoms with van der Waals surface area (Å²) in [6.07, 6.45) is 5.53. The van der Waals surface area contributed by atoms with Crippen LogP contribution in [0.1, 0.15) is 53.1 Å². The Hall–Kier alpha value is -2.74. The summed E-state index contributed by atoms with van der Waals surface area (Å²) >= 11 is 0. The third-order valence-corrected chi connectivity index (χ3v) is 5.72. The van der Waals surface area contributed by atoms with Crippen molar-refractivity contribution in [2.24, 2.45) is 5.92 Å². The number of H-pyrrole nitrogens is 1. The zero-order chi connectivity index (χ0) is 19.5. The summed E-state index contributed by atoms with van der Waals surface area (Å²) in [4.78, 5) is 29.0. The van der Waals surface area contributed by atoms with Crippen LogP contribution < -0.4 is 10.6 Å². The summed E-state index contributed by atoms with van der Waals surface area (Å²) in [6.45, 7) is 0.411. The van der Waals surface area contributed by atoms with E-state index in [1.54, 1.807) is 24.4 Å². The third-order valence-electron chi connectivity index (χ3n) is 5.72. The van der Waals surface area contributed by atoms with E-state index in [1.165, 1.54) is 11.3 Å². The Morgan fingerprint density at radius 3 is 2.96 bits per heavy atom. The van der Waals surface area contributed by atoms with Gasteiger partial charge >= 0.3 is 0 Å². The minimum atomic E-state index is -0.661. The molecule has 2 aliphatic carbocycles. The summed E-state index contributed by atoms with van der Waals surface area (Å²) in [5, 5.41) is 23.4. The number of aliphatic hydroxyl groups is 1. The average molecular weight is 383 g/mol. The van der Waals surface area contributed by atoms with Gasteiger partial charge in [0.25, 0.3) is 5.91 Å². The van der Waals surface area contributed by atoms with Crippen molar-refractivity contribution < 1.29 is 14.7 Å². The van der Waals surface area contributed by atoms with Gasteiger partial charge in [-0.05, 0) is 56.2 Å². The van der Waals surface area contributed by atoms with Gasteiger partial charge in [0.1, 0.15) is 5.69 Å². The Morgan fingerprint density at radius 1 is 1.25 bits per heavy atom. The molecule has 0 radical (unpaired) electrons. The second-order valence-electron chi connectivity index (χ2n) is 7.57. The summed E-state index contributed by atoms with van der Waals surface area (Å²) in [6, 6.07) is 4.63. The van der Waals surface area contributed by atoms with Crippen LogP contribution >= 0.6 is 0 Å². The maximum atomic E-state index is 12.6. The van der Waals surface area contributed by atoms with Crippen LogP contribution in [-0.4, -0.2) is 44.2 Å². The normalized spacial score (nSPS) is 23.8. The molecule has 2 amide bonds. The third kappa shape index (κ3) is 3.91. The van der Waals surface area contributed by atoms with Crippen molar-refractivity contribution in [3.05, 3.63) is 47.0 Å². The highest BCUT2D eigenvalue weighted by atomic mass is 16.3. The molecule has 1 fully saturated rings. The van der Waals surface area contributed by atoms with Crippen molar-refractivity contribution in [3.8, 4) is 0 Å². The molecule has 4 N–H and O–H groups in total. The van der Waals surface area contributed by atoms with Crippen LogP contribution in [0.25, 0.3) is 0 Å². The van der Waals surface area contributed by atoms with Crippen LogP contribution in [0.4, 0.5) is 0 Å². The first-order valence-electron chi connectivity index (χ1n) is 9.84. The topological polar surface area (TPSA) is 120 Å². The van der Waals surface area contributed by atoms with Crippen LogP contribution in [0.3, 0.4) is 0 Å². The molecule has 2 aromatic rings. The van der Waals surface area contributed by atoms with Crippen LogP contribution in [0.2, 0.25) is 0 Å². The smallest absolute Gasteiger partial charge is 0.270 e. The predicted molar refractivity (Wildman–Crippen MR) is 101 cm³/mol. The number of amides is 2. The van der Waals surface area contributed by atoms with E-state index in [0.29, 0.717) is 31.5 Å². The lowest BCUT2D eigenvalue weighted by molar-refractivity contribution is -0.127. The molecule has 0 bridgehead atoms. The summed E-state index contributed by atoms with van der Waals surface area (Å²) in [7, 11) is 0. The second-order valence-corrected chi connectivity index (χ2v) is 7.57. The lowest BCUT2D eigenvalue weighted by Crippen LogP contribution is -2.49. The fourth-order valence-corrected chi connectivity index (χ4v) is 4.14. The number of rotatable bonds is 5. The highest BCUT2D eigenvalue weighted by Gasteiger charge is 2.34. The van der Waals surface area contributed by atoms with E-state index in [-0.39, 0.29) is 17.7 Å². The number of aliphatic hydroxyl groups excluding tert-OH is 1. The van der Waals surface area contributed by atoms with Crippen molar-refractivity contribution in [1.82, 2.24) is 25.8 Å². The first-order chi connectivity index (χ1) is 13.6. The Balaban J connectivity index is 1.33. The van der Waals surface area contributed by atoms with E-state index in [0.717, 1.165) is 25.0 Å². The van der Waals surface area contributed by atoms with Crippen LogP contribution in [0.5, 0.6) is 0 Å². The van der Waals surface area contributed by atoms with Gasteiger partial charge < -0.3 is 15.7 Å². The molecule has 0 unspecified atom stereocenters. The zero-order valence-corrected chi connectivity index (χ0v) is 15.6. The SMILES string of the molecule is O=C(N[C@@H]1C[C@@H](C(=O)NCc2n[nH]c3c2CCC3)CC[C@H]1O)c1ccccn1. The number of aromatic nitrogens is 3. The quantitative estimate of drug-likeness (QED) is 0.611. The molecule has 8 nitrogen and oxygen atoms in total. The predicted octanol–water partition coefficient (Wildman–Crippen LogP) is 0.869. The number of pyridine rings is 1. The van der Waals surface area contributed by atoms with Gasteiger partial charge in [-0.3, -0.25) is 19.7 Å². The van der Waals surface area contributed by atoms with E-state index in [9.17, 15) is 14.7 Å². The fourth-order valence-electron chi connectivity index (χ4n) is 4.14. The van der Waals surface area contributed by atoms with Crippen molar-refractivity contribution in [1.29, 1.82) is 0 Å². The van der Waals surface area contributed by atoms with Crippen molar-refractivity contribution >= 4 is 11.8 Å². The summed E-state index contributed by atoms with van der Waals surface area (Å²) in [5.41, 5.74) is 3.63. The molecule has 0 saturated heterocycles. The van der Waals surface area contributed by atoms with Gasteiger partial charge in [0, 0.05) is 17.8 Å². The van der Waals surface area contributed by atoms with Gasteiger partial charge in [-0.25, -0.2) is 0 Å². The number of nitrogens with one attached hydrogen (secondary N) is 3. The molecule has 1 saturated carbocycles. The molecular weight excluding hydrogens is 358 g/mol. The Kier molecular flexibility index (Phi) is 5.38. The summed E-state index contributed by atoms with van der Waals surface area (Å²) in [5.74, 6) is -0.638. The largest absolute Gasteiger partial charge is 0.391 e. The number of fused-ring (bicyclic) bond motifs is 1. The standard InChI is InChI=1S/C20H25N5O3/c26-18-8-7-12(10-16(18)23-20(28)15-5-1-2-9-21-15)19(27)22-11-17-13-4-3-6-14(13)24-25-17/h1-2,5,9,12,16,18,26H,3-4,6-8,10-11H2,(H,22,27)(H,23,28)(H,24,25)/t12-,16+,18+/m0/s1. The molecule has 3 atom stereocenters. The molecular formula is C20H25N5O3. The monoisotopic (exact) mass is 383 g/mol. The molecule has 4 rings (SSSR count). The van der Waals surface area contributed by atoms with E-state index in [4.69, 9.17) is 0 Å². The molecule has 0 aliphatic heterocycles. The molecule has 2 heterocycles. The molecule has 28 heavy (non-hydrogen) atoms. The van der Waals surface area contributed by atoms with Gasteiger partial charge in [0.05, 0.1) is 24.4 Å². The van der Waals surface area contributed by atoms with Crippen LogP contribution in [0, 0.1) is 5.92 Å². The van der Waals surface area contributed by atoms with E-state index >= 15 is 0 Å². The molecule has 148 valence electrons. The summed E-state index contributed by atoms with van der Waals surface area (Å²) < 4.78 is 0. The highest BCUT2D eigenvalue weighted by Crippen LogP contribution is 2.26. The van der Waals surface area contributed by atoms with Gasteiger partial charge in [-0.2, -0.15) is 5.10 Å². The number of nitrogens with zero attached hydrogens (tertiary/aromatic N) is 2. The fraction of sp³-hybridized carbons (Fsp3) is 0.500. The Morgan fingerprint density at radius 2 is 2.14 bits per heavy atom. The zero-order valence-electron chi connectivity index (χ0n) is 15.6. The number of aryl methyl sites for hydroxylation is 1. The Bertz CT molecular complexity index is 851. The van der Waals surface area contributed by atoms with E-state index < -0.39 is 12.1 Å². The average Bonchev–Trinajstić information content (AvgIpc) is 3.32. The lowest BCUT2D eigenvalue weighted by Gasteiger charge is -2.33. The van der Waals surface area contributed by atoms with Crippen LogP contribution in [-0.2, 0) is 24.2 Å². The lowest BCUT2D eigenvalue weighted by atomic mass is 9.83. The molecule has 0 spiro atoms. The number of aromatic amines is 1. The van der Waals surface area contributed by atoms with Gasteiger partial charge in [-0.1, -0.05) is 6.07 Å². The Labute approximate surface area is 163 Å².